The second-order valence-corrected chi connectivity index (χ2v) is 9.17. The van der Waals surface area contributed by atoms with Gasteiger partial charge in [0.1, 0.15) is 5.82 Å². The summed E-state index contributed by atoms with van der Waals surface area (Å²) in [7, 11) is -3.75. The summed E-state index contributed by atoms with van der Waals surface area (Å²) in [5.74, 6) is -1.25. The molecule has 0 bridgehead atoms. The van der Waals surface area contributed by atoms with Gasteiger partial charge in [-0.05, 0) is 49.2 Å². The Kier molecular flexibility index (Phi) is 5.51. The Morgan fingerprint density at radius 3 is 2.61 bits per heavy atom. The van der Waals surface area contributed by atoms with Crippen LogP contribution in [0.25, 0.3) is 0 Å². The molecule has 0 spiro atoms. The van der Waals surface area contributed by atoms with Crippen LogP contribution in [0.5, 0.6) is 0 Å². The van der Waals surface area contributed by atoms with Crippen LogP contribution in [0.1, 0.15) is 25.8 Å². The van der Waals surface area contributed by atoms with E-state index < -0.39 is 26.8 Å². The average molecular weight is 404 g/mol. The van der Waals surface area contributed by atoms with Gasteiger partial charge in [-0.2, -0.15) is 0 Å². The molecule has 2 aromatic rings. The van der Waals surface area contributed by atoms with Crippen LogP contribution in [0.3, 0.4) is 0 Å². The molecule has 0 aromatic heterocycles. The van der Waals surface area contributed by atoms with E-state index in [0.29, 0.717) is 13.0 Å². The van der Waals surface area contributed by atoms with Gasteiger partial charge in [-0.15, -0.1) is 0 Å². The van der Waals surface area contributed by atoms with E-state index in [4.69, 9.17) is 0 Å². The smallest absolute Gasteiger partial charge is 0.225 e. The van der Waals surface area contributed by atoms with Gasteiger partial charge in [0.05, 0.1) is 15.8 Å². The third-order valence-corrected chi connectivity index (χ3v) is 6.94. The summed E-state index contributed by atoms with van der Waals surface area (Å²) < 4.78 is 39.4. The number of anilines is 2. The van der Waals surface area contributed by atoms with E-state index in [1.165, 1.54) is 38.1 Å². The van der Waals surface area contributed by atoms with Crippen molar-refractivity contribution in [1.29, 1.82) is 0 Å². The zero-order valence-electron chi connectivity index (χ0n) is 15.6. The molecule has 0 unspecified atom stereocenters. The molecule has 0 saturated heterocycles. The van der Waals surface area contributed by atoms with E-state index in [2.05, 4.69) is 5.32 Å². The number of halogens is 1. The van der Waals surface area contributed by atoms with Crippen molar-refractivity contribution < 1.29 is 22.4 Å². The van der Waals surface area contributed by atoms with Crippen LogP contribution in [0.4, 0.5) is 15.8 Å². The number of rotatable bonds is 5. The fourth-order valence-electron chi connectivity index (χ4n) is 3.25. The van der Waals surface area contributed by atoms with Crippen LogP contribution in [0, 0.1) is 5.82 Å². The molecule has 0 fully saturated rings. The van der Waals surface area contributed by atoms with Gasteiger partial charge in [-0.1, -0.05) is 12.1 Å². The van der Waals surface area contributed by atoms with E-state index >= 15 is 0 Å². The summed E-state index contributed by atoms with van der Waals surface area (Å²) in [5, 5.41) is 1.42. The van der Waals surface area contributed by atoms with Gasteiger partial charge in [0.15, 0.2) is 9.84 Å². The molecular formula is C20H21FN2O4S. The average Bonchev–Trinajstić information content (AvgIpc) is 3.07. The number of amides is 2. The third kappa shape index (κ3) is 3.91. The van der Waals surface area contributed by atoms with Crippen LogP contribution in [-0.4, -0.2) is 32.0 Å². The van der Waals surface area contributed by atoms with Crippen LogP contribution < -0.4 is 10.2 Å². The summed E-state index contributed by atoms with van der Waals surface area (Å²) in [4.78, 5) is 25.5. The first-order chi connectivity index (χ1) is 13.2. The minimum Gasteiger partial charge on any atom is -0.324 e. The summed E-state index contributed by atoms with van der Waals surface area (Å²) in [6.45, 7) is 3.44. The molecule has 1 aliphatic rings. The first-order valence-electron chi connectivity index (χ1n) is 8.89. The number of carbonyl (C=O) groups is 2. The highest BCUT2D eigenvalue weighted by atomic mass is 32.2. The molecule has 2 aromatic carbocycles. The Hall–Kier alpha value is -2.74. The van der Waals surface area contributed by atoms with Gasteiger partial charge in [0.2, 0.25) is 11.8 Å². The molecular weight excluding hydrogens is 383 g/mol. The molecule has 28 heavy (non-hydrogen) atoms. The van der Waals surface area contributed by atoms with Gasteiger partial charge in [0.25, 0.3) is 0 Å². The van der Waals surface area contributed by atoms with Crippen LogP contribution in [-0.2, 0) is 25.8 Å². The highest BCUT2D eigenvalue weighted by molar-refractivity contribution is 7.92. The van der Waals surface area contributed by atoms with E-state index in [-0.39, 0.29) is 22.9 Å². The van der Waals surface area contributed by atoms with Crippen molar-refractivity contribution in [3.8, 4) is 0 Å². The number of carbonyl (C=O) groups excluding carboxylic acids is 2. The van der Waals surface area contributed by atoms with Crippen molar-refractivity contribution in [2.45, 2.75) is 36.8 Å². The lowest BCUT2D eigenvalue weighted by Crippen LogP contribution is -2.26. The predicted octanol–water partition coefficient (Wildman–Crippen LogP) is 2.93. The molecule has 6 nitrogen and oxygen atoms in total. The largest absolute Gasteiger partial charge is 0.324 e. The molecule has 0 radical (unpaired) electrons. The molecule has 1 N–H and O–H groups in total. The highest BCUT2D eigenvalue weighted by Gasteiger charge is 2.29. The molecule has 8 heteroatoms. The predicted molar refractivity (Wildman–Crippen MR) is 104 cm³/mol. The molecule has 0 saturated carbocycles. The summed E-state index contributed by atoms with van der Waals surface area (Å²) in [6.07, 6.45) is 0.285. The van der Waals surface area contributed by atoms with Gasteiger partial charge >= 0.3 is 0 Å². The van der Waals surface area contributed by atoms with E-state index in [1.54, 1.807) is 23.1 Å². The number of benzene rings is 2. The number of nitrogens with one attached hydrogen (secondary N) is 1. The van der Waals surface area contributed by atoms with Crippen LogP contribution >= 0.6 is 0 Å². The fraction of sp³-hybridized carbons (Fsp3) is 0.300. The molecule has 3 rings (SSSR count). The van der Waals surface area contributed by atoms with Gasteiger partial charge < -0.3 is 10.2 Å². The summed E-state index contributed by atoms with van der Waals surface area (Å²) in [6, 6.07) is 10.4. The minimum atomic E-state index is -3.75. The standard InChI is InChI=1S/C20H21FN2O4S/c1-13(11-20(25)22-18-6-4-3-5-17(18)21)28(26,27)16-7-8-19-15(12-16)9-10-23(19)14(2)24/h3-8,12-13H,9-11H2,1-2H3,(H,22,25)/t13-/m1/s1. The van der Waals surface area contributed by atoms with Crippen LogP contribution in [0.15, 0.2) is 47.4 Å². The molecule has 1 heterocycles. The fourth-order valence-corrected chi connectivity index (χ4v) is 4.65. The molecule has 1 aliphatic heterocycles. The van der Waals surface area contributed by atoms with Crippen molar-refractivity contribution in [2.75, 3.05) is 16.8 Å². The number of para-hydroxylation sites is 1. The zero-order chi connectivity index (χ0) is 20.5. The number of hydrogen-bond donors (Lipinski definition) is 1. The number of hydrogen-bond acceptors (Lipinski definition) is 4. The second kappa shape index (κ2) is 7.71. The zero-order valence-corrected chi connectivity index (χ0v) is 16.4. The van der Waals surface area contributed by atoms with E-state index in [0.717, 1.165) is 11.3 Å². The SMILES string of the molecule is CC(=O)N1CCc2cc(S(=O)(=O)[C@H](C)CC(=O)Nc3ccccc3F)ccc21. The van der Waals surface area contributed by atoms with Crippen molar-refractivity contribution in [2.24, 2.45) is 0 Å². The van der Waals surface area contributed by atoms with Crippen molar-refractivity contribution in [3.05, 3.63) is 53.8 Å². The highest BCUT2D eigenvalue weighted by Crippen LogP contribution is 2.31. The number of sulfone groups is 1. The molecule has 2 amide bonds. The van der Waals surface area contributed by atoms with Crippen molar-refractivity contribution in [1.82, 2.24) is 0 Å². The second-order valence-electron chi connectivity index (χ2n) is 6.80. The maximum atomic E-state index is 13.6. The molecule has 0 aliphatic carbocycles. The van der Waals surface area contributed by atoms with Crippen molar-refractivity contribution >= 4 is 33.0 Å². The first-order valence-corrected chi connectivity index (χ1v) is 10.4. The van der Waals surface area contributed by atoms with Gasteiger partial charge in [0, 0.05) is 25.6 Å². The first kappa shape index (κ1) is 20.0. The van der Waals surface area contributed by atoms with E-state index in [1.807, 2.05) is 0 Å². The van der Waals surface area contributed by atoms with Crippen molar-refractivity contribution in [3.63, 3.8) is 0 Å². The number of fused-ring (bicyclic) bond motifs is 1. The Morgan fingerprint density at radius 1 is 1.21 bits per heavy atom. The summed E-state index contributed by atoms with van der Waals surface area (Å²) in [5.41, 5.74) is 1.52. The quantitative estimate of drug-likeness (QED) is 0.831. The van der Waals surface area contributed by atoms with Crippen LogP contribution in [0.2, 0.25) is 0 Å². The maximum absolute atomic E-state index is 13.6. The van der Waals surface area contributed by atoms with E-state index in [9.17, 15) is 22.4 Å². The normalized spacial score (nSPS) is 14.5. The lowest BCUT2D eigenvalue weighted by Gasteiger charge is -2.16. The van der Waals surface area contributed by atoms with Gasteiger partial charge in [-0.25, -0.2) is 12.8 Å². The molecule has 148 valence electrons. The lowest BCUT2D eigenvalue weighted by molar-refractivity contribution is -0.117. The Bertz CT molecular complexity index is 1040. The maximum Gasteiger partial charge on any atom is 0.225 e. The minimum absolute atomic E-state index is 0.0129. The Labute approximate surface area is 163 Å². The topological polar surface area (TPSA) is 83.6 Å². The summed E-state index contributed by atoms with van der Waals surface area (Å²) >= 11 is 0. The Balaban J connectivity index is 1.75. The Morgan fingerprint density at radius 2 is 1.93 bits per heavy atom. The molecule has 1 atom stereocenters. The van der Waals surface area contributed by atoms with Gasteiger partial charge in [-0.3, -0.25) is 9.59 Å². The number of nitrogens with zero attached hydrogens (tertiary/aromatic N) is 1. The lowest BCUT2D eigenvalue weighted by atomic mass is 10.2. The third-order valence-electron chi connectivity index (χ3n) is 4.81. The monoisotopic (exact) mass is 404 g/mol.